The van der Waals surface area contributed by atoms with Crippen molar-refractivity contribution in [3.05, 3.63) is 35.4 Å². The van der Waals surface area contributed by atoms with Crippen molar-refractivity contribution in [1.29, 1.82) is 5.26 Å². The smallest absolute Gasteiger partial charge is 0.0904 e. The van der Waals surface area contributed by atoms with Gasteiger partial charge in [-0.15, -0.1) is 0 Å². The molecule has 3 heteroatoms. The van der Waals surface area contributed by atoms with Crippen LogP contribution in [0, 0.1) is 16.7 Å². The average molecular weight is 271 g/mol. The lowest BCUT2D eigenvalue weighted by Gasteiger charge is -2.45. The summed E-state index contributed by atoms with van der Waals surface area (Å²) < 4.78 is 5.47. The Bertz CT molecular complexity index is 526. The molecule has 1 N–H and O–H groups in total. The molecule has 0 aromatic heterocycles. The molecule has 2 aliphatic rings. The van der Waals surface area contributed by atoms with E-state index in [1.54, 1.807) is 0 Å². The summed E-state index contributed by atoms with van der Waals surface area (Å²) in [5.41, 5.74) is 0.978. The lowest BCUT2D eigenvalue weighted by atomic mass is 9.60. The summed E-state index contributed by atoms with van der Waals surface area (Å²) in [6.07, 6.45) is 4.37. The minimum atomic E-state index is -0.911. The minimum Gasteiger partial charge on any atom is -0.388 e. The molecule has 0 saturated carbocycles. The second kappa shape index (κ2) is 5.20. The average Bonchev–Trinajstić information content (AvgIpc) is 2.72. The van der Waals surface area contributed by atoms with Gasteiger partial charge in [0, 0.05) is 19.6 Å². The molecule has 1 heterocycles. The second-order valence-electron chi connectivity index (χ2n) is 6.14. The highest BCUT2D eigenvalue weighted by Crippen LogP contribution is 2.47. The fourth-order valence-electron chi connectivity index (χ4n) is 3.75. The third-order valence-corrected chi connectivity index (χ3v) is 5.08. The molecule has 1 fully saturated rings. The van der Waals surface area contributed by atoms with Gasteiger partial charge in [0.2, 0.25) is 0 Å². The zero-order valence-electron chi connectivity index (χ0n) is 11.8. The van der Waals surface area contributed by atoms with Crippen LogP contribution in [0.25, 0.3) is 0 Å². The summed E-state index contributed by atoms with van der Waals surface area (Å²) in [5.74, 6) is 0. The Morgan fingerprint density at radius 2 is 1.90 bits per heavy atom. The van der Waals surface area contributed by atoms with E-state index in [-0.39, 0.29) is 0 Å². The van der Waals surface area contributed by atoms with Crippen molar-refractivity contribution in [2.75, 3.05) is 13.2 Å². The molecule has 2 unspecified atom stereocenters. The van der Waals surface area contributed by atoms with E-state index >= 15 is 0 Å². The van der Waals surface area contributed by atoms with E-state index in [0.717, 1.165) is 19.3 Å². The molecule has 0 amide bonds. The quantitative estimate of drug-likeness (QED) is 0.854. The highest BCUT2D eigenvalue weighted by molar-refractivity contribution is 5.34. The van der Waals surface area contributed by atoms with E-state index in [2.05, 4.69) is 18.2 Å². The van der Waals surface area contributed by atoms with E-state index in [4.69, 9.17) is 4.74 Å². The van der Waals surface area contributed by atoms with Crippen molar-refractivity contribution in [3.63, 3.8) is 0 Å². The van der Waals surface area contributed by atoms with E-state index in [0.29, 0.717) is 32.5 Å². The standard InChI is InChI=1S/C17H21NO2/c18-13-16(17(19)7-3-10-20-11-9-17)8-6-14-4-1-2-5-15(14)12-16/h1-2,4-5,19H,3,6-12H2. The molecule has 3 nitrogen and oxygen atoms in total. The summed E-state index contributed by atoms with van der Waals surface area (Å²) >= 11 is 0. The molecule has 2 atom stereocenters. The van der Waals surface area contributed by atoms with Crippen LogP contribution >= 0.6 is 0 Å². The van der Waals surface area contributed by atoms with Crippen LogP contribution in [0.4, 0.5) is 0 Å². The first-order valence-electron chi connectivity index (χ1n) is 7.47. The lowest BCUT2D eigenvalue weighted by Crippen LogP contribution is -2.51. The van der Waals surface area contributed by atoms with Crippen LogP contribution in [0.1, 0.15) is 36.8 Å². The van der Waals surface area contributed by atoms with Crippen molar-refractivity contribution in [3.8, 4) is 6.07 Å². The van der Waals surface area contributed by atoms with Crippen molar-refractivity contribution in [2.45, 2.75) is 44.1 Å². The number of hydrogen-bond acceptors (Lipinski definition) is 3. The maximum atomic E-state index is 11.1. The Kier molecular flexibility index (Phi) is 3.54. The molecular weight excluding hydrogens is 250 g/mol. The molecule has 1 aromatic rings. The van der Waals surface area contributed by atoms with Crippen LogP contribution in [0.2, 0.25) is 0 Å². The van der Waals surface area contributed by atoms with E-state index in [1.807, 2.05) is 12.1 Å². The Labute approximate surface area is 120 Å². The van der Waals surface area contributed by atoms with Gasteiger partial charge in [0.1, 0.15) is 0 Å². The van der Waals surface area contributed by atoms with E-state index < -0.39 is 11.0 Å². The maximum Gasteiger partial charge on any atom is 0.0904 e. The van der Waals surface area contributed by atoms with E-state index in [9.17, 15) is 10.4 Å². The number of fused-ring (bicyclic) bond motifs is 1. The van der Waals surface area contributed by atoms with Gasteiger partial charge in [-0.25, -0.2) is 0 Å². The Morgan fingerprint density at radius 3 is 2.70 bits per heavy atom. The first-order chi connectivity index (χ1) is 9.69. The molecule has 0 radical (unpaired) electrons. The highest BCUT2D eigenvalue weighted by Gasteiger charge is 2.51. The molecule has 1 aromatic carbocycles. The van der Waals surface area contributed by atoms with Gasteiger partial charge in [0.05, 0.1) is 17.1 Å². The summed E-state index contributed by atoms with van der Waals surface area (Å²) in [4.78, 5) is 0. The topological polar surface area (TPSA) is 53.2 Å². The summed E-state index contributed by atoms with van der Waals surface area (Å²) in [6, 6.07) is 10.8. The molecule has 106 valence electrons. The largest absolute Gasteiger partial charge is 0.388 e. The van der Waals surface area contributed by atoms with Crippen molar-refractivity contribution in [2.24, 2.45) is 5.41 Å². The minimum absolute atomic E-state index is 0.557. The first-order valence-corrected chi connectivity index (χ1v) is 7.47. The van der Waals surface area contributed by atoms with Gasteiger partial charge in [-0.05, 0) is 43.2 Å². The Morgan fingerprint density at radius 1 is 1.10 bits per heavy atom. The van der Waals surface area contributed by atoms with Crippen LogP contribution in [-0.2, 0) is 17.6 Å². The molecule has 1 aliphatic carbocycles. The lowest BCUT2D eigenvalue weighted by molar-refractivity contribution is -0.0758. The third kappa shape index (κ3) is 2.13. The van der Waals surface area contributed by atoms with Gasteiger partial charge in [-0.1, -0.05) is 24.3 Å². The van der Waals surface area contributed by atoms with Gasteiger partial charge < -0.3 is 9.84 Å². The number of aryl methyl sites for hydroxylation is 1. The molecular formula is C17H21NO2. The zero-order valence-corrected chi connectivity index (χ0v) is 11.8. The number of ether oxygens (including phenoxy) is 1. The second-order valence-corrected chi connectivity index (χ2v) is 6.14. The molecule has 20 heavy (non-hydrogen) atoms. The van der Waals surface area contributed by atoms with Crippen LogP contribution < -0.4 is 0 Å². The predicted molar refractivity (Wildman–Crippen MR) is 76.1 cm³/mol. The van der Waals surface area contributed by atoms with Crippen LogP contribution in [-0.4, -0.2) is 23.9 Å². The highest BCUT2D eigenvalue weighted by atomic mass is 16.5. The van der Waals surface area contributed by atoms with Crippen LogP contribution in [0.15, 0.2) is 24.3 Å². The fraction of sp³-hybridized carbons (Fsp3) is 0.588. The van der Waals surface area contributed by atoms with Crippen molar-refractivity contribution >= 4 is 0 Å². The van der Waals surface area contributed by atoms with Gasteiger partial charge in [-0.3, -0.25) is 0 Å². The Hall–Kier alpha value is -1.37. The molecule has 0 spiro atoms. The van der Waals surface area contributed by atoms with Crippen LogP contribution in [0.5, 0.6) is 0 Å². The number of benzene rings is 1. The van der Waals surface area contributed by atoms with Crippen molar-refractivity contribution < 1.29 is 9.84 Å². The van der Waals surface area contributed by atoms with Crippen molar-refractivity contribution in [1.82, 2.24) is 0 Å². The molecule has 1 aliphatic heterocycles. The van der Waals surface area contributed by atoms with Gasteiger partial charge in [0.15, 0.2) is 0 Å². The monoisotopic (exact) mass is 271 g/mol. The molecule has 1 saturated heterocycles. The third-order valence-electron chi connectivity index (χ3n) is 5.08. The number of nitrogens with zero attached hydrogens (tertiary/aromatic N) is 1. The number of nitriles is 1. The SMILES string of the molecule is N#CC1(C2(O)CCCOCC2)CCc2ccccc2C1. The van der Waals surface area contributed by atoms with E-state index in [1.165, 1.54) is 11.1 Å². The fourth-order valence-corrected chi connectivity index (χ4v) is 3.75. The predicted octanol–water partition coefficient (Wildman–Crippen LogP) is 2.62. The molecule has 3 rings (SSSR count). The van der Waals surface area contributed by atoms with Gasteiger partial charge >= 0.3 is 0 Å². The Balaban J connectivity index is 1.95. The van der Waals surface area contributed by atoms with Gasteiger partial charge in [-0.2, -0.15) is 5.26 Å². The number of hydrogen-bond donors (Lipinski definition) is 1. The first kappa shape index (κ1) is 13.6. The summed E-state index contributed by atoms with van der Waals surface area (Å²) in [5, 5.41) is 21.0. The van der Waals surface area contributed by atoms with Gasteiger partial charge in [0.25, 0.3) is 0 Å². The van der Waals surface area contributed by atoms with Crippen LogP contribution in [0.3, 0.4) is 0 Å². The normalized spacial score (nSPS) is 33.8. The zero-order chi connectivity index (χ0) is 14.1. The number of rotatable bonds is 1. The number of aliphatic hydroxyl groups is 1. The molecule has 0 bridgehead atoms. The summed E-state index contributed by atoms with van der Waals surface area (Å²) in [6.45, 7) is 1.25. The summed E-state index contributed by atoms with van der Waals surface area (Å²) in [7, 11) is 0. The maximum absolute atomic E-state index is 11.1.